The summed E-state index contributed by atoms with van der Waals surface area (Å²) < 4.78 is 7.59. The molecule has 5 fully saturated rings. The minimum Gasteiger partial charge on any atom is -0.379 e. The Kier molecular flexibility index (Phi) is 6.76. The molecule has 0 atom stereocenters. The number of morpholine rings is 1. The van der Waals surface area contributed by atoms with E-state index in [1.165, 1.54) is 55.9 Å². The Morgan fingerprint density at radius 2 is 1.69 bits per heavy atom. The minimum atomic E-state index is 0.248. The highest BCUT2D eigenvalue weighted by Gasteiger charge is 2.51. The van der Waals surface area contributed by atoms with Crippen LogP contribution in [0, 0.1) is 17.8 Å². The summed E-state index contributed by atoms with van der Waals surface area (Å²) >= 11 is 1.52. The zero-order chi connectivity index (χ0) is 23.8. The highest BCUT2D eigenvalue weighted by atomic mass is 32.2. The number of hydrogen-bond donors (Lipinski definition) is 0. The molecule has 0 radical (unpaired) electrons. The molecule has 35 heavy (non-hydrogen) atoms. The molecule has 1 saturated heterocycles. The number of benzene rings is 1. The molecule has 188 valence electrons. The van der Waals surface area contributed by atoms with Crippen molar-refractivity contribution in [1.82, 2.24) is 19.7 Å². The second-order valence-corrected chi connectivity index (χ2v) is 12.4. The maximum Gasteiger partial charge on any atom is 0.191 e. The van der Waals surface area contributed by atoms with Crippen LogP contribution >= 0.6 is 11.8 Å². The van der Waals surface area contributed by atoms with E-state index in [1.54, 1.807) is 0 Å². The Labute approximate surface area is 213 Å². The monoisotopic (exact) mass is 494 g/mol. The number of carbonyl (C=O) groups is 1. The third-order valence-corrected chi connectivity index (χ3v) is 9.97. The molecule has 1 aromatic heterocycles. The number of ketones is 1. The van der Waals surface area contributed by atoms with Crippen LogP contribution in [-0.2, 0) is 34.5 Å². The number of rotatable bonds is 9. The maximum absolute atomic E-state index is 12.8. The van der Waals surface area contributed by atoms with Gasteiger partial charge in [-0.15, -0.1) is 10.2 Å². The van der Waals surface area contributed by atoms with E-state index >= 15 is 0 Å². The Morgan fingerprint density at radius 3 is 2.31 bits per heavy atom. The fraction of sp³-hybridized carbons (Fsp3) is 0.679. The first-order valence-corrected chi connectivity index (χ1v) is 14.5. The van der Waals surface area contributed by atoms with Crippen LogP contribution in [0.1, 0.15) is 62.4 Å². The molecule has 0 unspecified atom stereocenters. The van der Waals surface area contributed by atoms with E-state index in [2.05, 4.69) is 50.9 Å². The Balaban J connectivity index is 1.04. The van der Waals surface area contributed by atoms with Gasteiger partial charge < -0.3 is 9.30 Å². The van der Waals surface area contributed by atoms with E-state index in [1.807, 2.05) is 0 Å². The molecule has 2 heterocycles. The van der Waals surface area contributed by atoms with E-state index in [4.69, 9.17) is 4.74 Å². The molecule has 0 spiro atoms. The molecular weight excluding hydrogens is 456 g/mol. The number of ether oxygens (including phenoxy) is 1. The topological polar surface area (TPSA) is 60.2 Å². The van der Waals surface area contributed by atoms with Crippen molar-refractivity contribution in [2.45, 2.75) is 75.5 Å². The van der Waals surface area contributed by atoms with Crippen LogP contribution < -0.4 is 0 Å². The number of hydrogen-bond acceptors (Lipinski definition) is 6. The molecular formula is C28H38N4O2S. The molecule has 4 aliphatic carbocycles. The Morgan fingerprint density at radius 1 is 1.03 bits per heavy atom. The van der Waals surface area contributed by atoms with Gasteiger partial charge in [-0.2, -0.15) is 0 Å². The van der Waals surface area contributed by atoms with Crippen molar-refractivity contribution < 1.29 is 9.53 Å². The number of aromatic nitrogens is 3. The summed E-state index contributed by atoms with van der Waals surface area (Å²) in [6, 6.07) is 9.11. The molecule has 5 aliphatic rings. The lowest BCUT2D eigenvalue weighted by Crippen LogP contribution is -2.48. The highest BCUT2D eigenvalue weighted by molar-refractivity contribution is 7.99. The predicted molar refractivity (Wildman–Crippen MR) is 138 cm³/mol. The zero-order valence-electron chi connectivity index (χ0n) is 21.0. The second-order valence-electron chi connectivity index (χ2n) is 11.4. The maximum atomic E-state index is 12.8. The summed E-state index contributed by atoms with van der Waals surface area (Å²) in [6.45, 7) is 7.13. The molecule has 2 aromatic rings. The van der Waals surface area contributed by atoms with E-state index in [-0.39, 0.29) is 5.78 Å². The van der Waals surface area contributed by atoms with Crippen LogP contribution in [-0.4, -0.2) is 57.5 Å². The Hall–Kier alpha value is -1.70. The third kappa shape index (κ3) is 4.96. The van der Waals surface area contributed by atoms with Gasteiger partial charge in [-0.1, -0.05) is 36.0 Å². The van der Waals surface area contributed by atoms with Crippen molar-refractivity contribution >= 4 is 17.5 Å². The van der Waals surface area contributed by atoms with Crippen LogP contribution in [0.15, 0.2) is 29.4 Å². The van der Waals surface area contributed by atoms with E-state index in [9.17, 15) is 4.79 Å². The lowest BCUT2D eigenvalue weighted by atomic mass is 9.48. The third-order valence-electron chi connectivity index (χ3n) is 8.95. The number of nitrogens with zero attached hydrogens (tertiary/aromatic N) is 4. The zero-order valence-corrected chi connectivity index (χ0v) is 21.8. The molecule has 1 aromatic carbocycles. The van der Waals surface area contributed by atoms with Crippen LogP contribution in [0.25, 0.3) is 0 Å². The highest BCUT2D eigenvalue weighted by Crippen LogP contribution is 2.60. The number of Topliss-reactive ketones (excluding diaryl/α,β-unsaturated/α-hetero) is 1. The van der Waals surface area contributed by atoms with Gasteiger partial charge in [-0.3, -0.25) is 9.69 Å². The predicted octanol–water partition coefficient (Wildman–Crippen LogP) is 4.50. The molecule has 7 rings (SSSR count). The molecule has 4 saturated carbocycles. The quantitative estimate of drug-likeness (QED) is 0.479. The van der Waals surface area contributed by atoms with Crippen molar-refractivity contribution in [3.63, 3.8) is 0 Å². The fourth-order valence-corrected chi connectivity index (χ4v) is 8.56. The van der Waals surface area contributed by atoms with Crippen molar-refractivity contribution in [1.29, 1.82) is 0 Å². The second kappa shape index (κ2) is 9.98. The number of carbonyl (C=O) groups excluding carboxylic acids is 1. The lowest BCUT2D eigenvalue weighted by Gasteiger charge is -2.57. The lowest BCUT2D eigenvalue weighted by molar-refractivity contribution is -0.116. The first-order chi connectivity index (χ1) is 17.1. The van der Waals surface area contributed by atoms with Crippen LogP contribution in [0.2, 0.25) is 0 Å². The largest absolute Gasteiger partial charge is 0.379 e. The molecule has 0 N–H and O–H groups in total. The smallest absolute Gasteiger partial charge is 0.191 e. The summed E-state index contributed by atoms with van der Waals surface area (Å²) in [5.41, 5.74) is 3.09. The average molecular weight is 495 g/mol. The molecule has 1 aliphatic heterocycles. The van der Waals surface area contributed by atoms with Gasteiger partial charge in [-0.25, -0.2) is 0 Å². The van der Waals surface area contributed by atoms with Gasteiger partial charge in [0.15, 0.2) is 5.16 Å². The summed E-state index contributed by atoms with van der Waals surface area (Å²) in [4.78, 5) is 15.2. The summed E-state index contributed by atoms with van der Waals surface area (Å²) in [5, 5.41) is 9.68. The van der Waals surface area contributed by atoms with Crippen molar-refractivity contribution in [3.8, 4) is 0 Å². The van der Waals surface area contributed by atoms with Crippen molar-refractivity contribution in [3.05, 3.63) is 41.2 Å². The van der Waals surface area contributed by atoms with E-state index < -0.39 is 0 Å². The Bertz CT molecular complexity index is 1010. The average Bonchev–Trinajstić information content (AvgIpc) is 3.24. The minimum absolute atomic E-state index is 0.248. The normalized spacial score (nSPS) is 30.1. The molecule has 7 heteroatoms. The summed E-state index contributed by atoms with van der Waals surface area (Å²) in [6.07, 6.45) is 9.09. The van der Waals surface area contributed by atoms with Gasteiger partial charge in [0.05, 0.1) is 25.5 Å². The first-order valence-electron chi connectivity index (χ1n) is 13.6. The van der Waals surface area contributed by atoms with Crippen LogP contribution in [0.5, 0.6) is 0 Å². The molecule has 4 bridgehead atoms. The first kappa shape index (κ1) is 23.7. The number of thioether (sulfide) groups is 1. The fourth-order valence-electron chi connectivity index (χ4n) is 7.68. The van der Waals surface area contributed by atoms with Gasteiger partial charge in [0.2, 0.25) is 0 Å². The standard InChI is InChI=1S/C28H38N4O2S/c1-2-32-26(18-31-7-9-34-10-8-31)29-30-27(32)35-19-25(33)14-20-3-5-24(6-4-20)28-15-21-11-22(16-28)13-23(12-21)17-28/h3-6,21-23H,2,7-19H2,1H3. The summed E-state index contributed by atoms with van der Waals surface area (Å²) in [7, 11) is 0. The van der Waals surface area contributed by atoms with Gasteiger partial charge >= 0.3 is 0 Å². The molecule has 0 amide bonds. The van der Waals surface area contributed by atoms with E-state index in [0.29, 0.717) is 17.6 Å². The van der Waals surface area contributed by atoms with E-state index in [0.717, 1.165) is 73.7 Å². The van der Waals surface area contributed by atoms with Crippen molar-refractivity contribution in [2.24, 2.45) is 17.8 Å². The summed E-state index contributed by atoms with van der Waals surface area (Å²) in [5.74, 6) is 4.53. The van der Waals surface area contributed by atoms with Gasteiger partial charge in [0.1, 0.15) is 11.6 Å². The SMILES string of the molecule is CCn1c(CN2CCOCC2)nnc1SCC(=O)Cc1ccc(C23CC4CC(CC(C4)C2)C3)cc1. The van der Waals surface area contributed by atoms with Crippen LogP contribution in [0.3, 0.4) is 0 Å². The van der Waals surface area contributed by atoms with Gasteiger partial charge in [-0.05, 0) is 79.7 Å². The van der Waals surface area contributed by atoms with Gasteiger partial charge in [0, 0.05) is 26.1 Å². The van der Waals surface area contributed by atoms with Crippen LogP contribution in [0.4, 0.5) is 0 Å². The van der Waals surface area contributed by atoms with Gasteiger partial charge in [0.25, 0.3) is 0 Å². The van der Waals surface area contributed by atoms with Crippen molar-refractivity contribution in [2.75, 3.05) is 32.1 Å². The molecule has 6 nitrogen and oxygen atoms in total.